The first kappa shape index (κ1) is 24.5. The smallest absolute Gasteiger partial charge is 0.410 e. The standard InChI is InChI=1S/C24H33N3O6/c1-24(2,3)33-23(31)27-14-17(15-8-6-5-7-9-15)13-19(27)21(29)26-18(22(30)32-4)12-16-10-11-25-20(16)28/h5-9,16-19H,10-14H2,1-4H3,(H,25,28)(H,26,29)/t16-,17+,18?,19-/m0/s1. The number of nitrogens with zero attached hydrogens (tertiary/aromatic N) is 1. The summed E-state index contributed by atoms with van der Waals surface area (Å²) in [6.45, 7) is 6.17. The number of rotatable bonds is 6. The molecule has 180 valence electrons. The Balaban J connectivity index is 1.78. The van der Waals surface area contributed by atoms with Gasteiger partial charge in [0.05, 0.1) is 7.11 Å². The lowest BCUT2D eigenvalue weighted by Crippen LogP contribution is -2.52. The van der Waals surface area contributed by atoms with Crippen LogP contribution in [0.15, 0.2) is 30.3 Å². The highest BCUT2D eigenvalue weighted by molar-refractivity contribution is 5.91. The maximum absolute atomic E-state index is 13.3. The summed E-state index contributed by atoms with van der Waals surface area (Å²) < 4.78 is 10.4. The molecule has 0 aliphatic carbocycles. The van der Waals surface area contributed by atoms with Gasteiger partial charge in [0, 0.05) is 24.9 Å². The highest BCUT2D eigenvalue weighted by Crippen LogP contribution is 2.33. The Morgan fingerprint density at radius 3 is 2.48 bits per heavy atom. The van der Waals surface area contributed by atoms with Gasteiger partial charge in [0.1, 0.15) is 17.7 Å². The van der Waals surface area contributed by atoms with Crippen molar-refractivity contribution in [3.05, 3.63) is 35.9 Å². The van der Waals surface area contributed by atoms with Crippen LogP contribution in [0.1, 0.15) is 51.5 Å². The van der Waals surface area contributed by atoms with Crippen LogP contribution < -0.4 is 10.6 Å². The van der Waals surface area contributed by atoms with Crippen LogP contribution in [0.5, 0.6) is 0 Å². The molecule has 2 saturated heterocycles. The van der Waals surface area contributed by atoms with E-state index in [1.165, 1.54) is 12.0 Å². The summed E-state index contributed by atoms with van der Waals surface area (Å²) in [6.07, 6.45) is 0.551. The molecule has 3 amide bonds. The number of hydrogen-bond acceptors (Lipinski definition) is 6. The number of likely N-dealkylation sites (tertiary alicyclic amines) is 1. The van der Waals surface area contributed by atoms with Crippen LogP contribution in [-0.4, -0.2) is 66.7 Å². The topological polar surface area (TPSA) is 114 Å². The molecule has 4 atom stereocenters. The fraction of sp³-hybridized carbons (Fsp3) is 0.583. The molecule has 2 aliphatic rings. The van der Waals surface area contributed by atoms with E-state index >= 15 is 0 Å². The summed E-state index contributed by atoms with van der Waals surface area (Å²) in [7, 11) is 1.24. The van der Waals surface area contributed by atoms with Gasteiger partial charge in [-0.2, -0.15) is 0 Å². The van der Waals surface area contributed by atoms with Gasteiger partial charge in [-0.05, 0) is 45.6 Å². The first-order chi connectivity index (χ1) is 15.6. The molecule has 0 aromatic heterocycles. The summed E-state index contributed by atoms with van der Waals surface area (Å²) in [6, 6.07) is 7.89. The first-order valence-corrected chi connectivity index (χ1v) is 11.3. The van der Waals surface area contributed by atoms with E-state index in [2.05, 4.69) is 10.6 Å². The first-order valence-electron chi connectivity index (χ1n) is 11.3. The molecule has 0 spiro atoms. The lowest BCUT2D eigenvalue weighted by atomic mass is 9.95. The number of carbonyl (C=O) groups is 4. The van der Waals surface area contributed by atoms with Gasteiger partial charge in [-0.15, -0.1) is 0 Å². The van der Waals surface area contributed by atoms with Crippen molar-refractivity contribution in [1.29, 1.82) is 0 Å². The average Bonchev–Trinajstić information content (AvgIpc) is 3.39. The largest absolute Gasteiger partial charge is 0.467 e. The summed E-state index contributed by atoms with van der Waals surface area (Å²) in [5, 5.41) is 5.47. The highest BCUT2D eigenvalue weighted by Gasteiger charge is 2.43. The Morgan fingerprint density at radius 1 is 1.21 bits per heavy atom. The lowest BCUT2D eigenvalue weighted by molar-refractivity contribution is -0.146. The summed E-state index contributed by atoms with van der Waals surface area (Å²) in [4.78, 5) is 52.0. The second kappa shape index (κ2) is 10.2. The van der Waals surface area contributed by atoms with Crippen LogP contribution in [0.3, 0.4) is 0 Å². The van der Waals surface area contributed by atoms with E-state index in [4.69, 9.17) is 9.47 Å². The second-order valence-electron chi connectivity index (χ2n) is 9.59. The van der Waals surface area contributed by atoms with Crippen molar-refractivity contribution in [3.63, 3.8) is 0 Å². The average molecular weight is 460 g/mol. The van der Waals surface area contributed by atoms with Crippen molar-refractivity contribution < 1.29 is 28.7 Å². The third-order valence-electron chi connectivity index (χ3n) is 5.99. The van der Waals surface area contributed by atoms with Crippen LogP contribution >= 0.6 is 0 Å². The zero-order valence-corrected chi connectivity index (χ0v) is 19.6. The number of ether oxygens (including phenoxy) is 2. The molecule has 1 unspecified atom stereocenters. The lowest BCUT2D eigenvalue weighted by Gasteiger charge is -2.29. The van der Waals surface area contributed by atoms with E-state index in [0.717, 1.165) is 5.56 Å². The van der Waals surface area contributed by atoms with Gasteiger partial charge in [0.25, 0.3) is 0 Å². The van der Waals surface area contributed by atoms with Gasteiger partial charge >= 0.3 is 12.1 Å². The molecule has 3 rings (SSSR count). The Labute approximate surface area is 194 Å². The fourth-order valence-corrected chi connectivity index (χ4v) is 4.35. The molecular weight excluding hydrogens is 426 g/mol. The van der Waals surface area contributed by atoms with Crippen molar-refractivity contribution >= 4 is 23.9 Å². The van der Waals surface area contributed by atoms with E-state index in [1.54, 1.807) is 20.8 Å². The van der Waals surface area contributed by atoms with Gasteiger partial charge in [0.15, 0.2) is 0 Å². The van der Waals surface area contributed by atoms with Gasteiger partial charge in [-0.3, -0.25) is 14.5 Å². The number of carbonyl (C=O) groups excluding carboxylic acids is 4. The Hall–Kier alpha value is -3.10. The third-order valence-corrected chi connectivity index (χ3v) is 5.99. The molecule has 0 radical (unpaired) electrons. The molecule has 1 aromatic rings. The summed E-state index contributed by atoms with van der Waals surface area (Å²) >= 11 is 0. The number of esters is 1. The SMILES string of the molecule is COC(=O)C(C[C@@H]1CCNC1=O)NC(=O)[C@@H]1C[C@@H](c2ccccc2)CN1C(=O)OC(C)(C)C. The minimum Gasteiger partial charge on any atom is -0.467 e. The van der Waals surface area contributed by atoms with E-state index in [9.17, 15) is 19.2 Å². The maximum Gasteiger partial charge on any atom is 0.410 e. The molecule has 0 bridgehead atoms. The number of amides is 3. The van der Waals surface area contributed by atoms with Crippen LogP contribution in [-0.2, 0) is 23.9 Å². The van der Waals surface area contributed by atoms with Gasteiger partial charge in [0.2, 0.25) is 11.8 Å². The molecule has 33 heavy (non-hydrogen) atoms. The number of methoxy groups -OCH3 is 1. The predicted octanol–water partition coefficient (Wildman–Crippen LogP) is 1.96. The van der Waals surface area contributed by atoms with Crippen molar-refractivity contribution in [1.82, 2.24) is 15.5 Å². The minimum absolute atomic E-state index is 0.0494. The number of nitrogens with one attached hydrogen (secondary N) is 2. The Kier molecular flexibility index (Phi) is 7.61. The van der Waals surface area contributed by atoms with Gasteiger partial charge in [-0.1, -0.05) is 30.3 Å². The normalized spacial score (nSPS) is 23.6. The van der Waals surface area contributed by atoms with Crippen molar-refractivity contribution in [3.8, 4) is 0 Å². The Morgan fingerprint density at radius 2 is 1.91 bits per heavy atom. The molecule has 1 aromatic carbocycles. The van der Waals surface area contributed by atoms with Gasteiger partial charge in [-0.25, -0.2) is 9.59 Å². The molecule has 2 fully saturated rings. The van der Waals surface area contributed by atoms with E-state index < -0.39 is 35.7 Å². The molecular formula is C24H33N3O6. The third kappa shape index (κ3) is 6.24. The minimum atomic E-state index is -0.979. The second-order valence-corrected chi connectivity index (χ2v) is 9.59. The molecule has 2 N–H and O–H groups in total. The highest BCUT2D eigenvalue weighted by atomic mass is 16.6. The summed E-state index contributed by atoms with van der Waals surface area (Å²) in [5.74, 6) is -1.65. The molecule has 0 saturated carbocycles. The van der Waals surface area contributed by atoms with Crippen molar-refractivity contribution in [2.75, 3.05) is 20.2 Å². The number of benzene rings is 1. The van der Waals surface area contributed by atoms with Crippen molar-refractivity contribution in [2.24, 2.45) is 5.92 Å². The van der Waals surface area contributed by atoms with Crippen molar-refractivity contribution in [2.45, 2.75) is 63.6 Å². The van der Waals surface area contributed by atoms with Crippen LogP contribution in [0, 0.1) is 5.92 Å². The predicted molar refractivity (Wildman–Crippen MR) is 120 cm³/mol. The van der Waals surface area contributed by atoms with Crippen LogP contribution in [0.4, 0.5) is 4.79 Å². The monoisotopic (exact) mass is 459 g/mol. The Bertz CT molecular complexity index is 882. The quantitative estimate of drug-likeness (QED) is 0.629. The zero-order chi connectivity index (χ0) is 24.2. The fourth-order valence-electron chi connectivity index (χ4n) is 4.35. The molecule has 9 heteroatoms. The van der Waals surface area contributed by atoms with Crippen LogP contribution in [0.25, 0.3) is 0 Å². The van der Waals surface area contributed by atoms with E-state index in [1.807, 2.05) is 30.3 Å². The van der Waals surface area contributed by atoms with Crippen LogP contribution in [0.2, 0.25) is 0 Å². The van der Waals surface area contributed by atoms with E-state index in [0.29, 0.717) is 25.9 Å². The van der Waals surface area contributed by atoms with E-state index in [-0.39, 0.29) is 24.2 Å². The molecule has 2 aliphatic heterocycles. The maximum atomic E-state index is 13.3. The molecule has 9 nitrogen and oxygen atoms in total. The number of hydrogen-bond donors (Lipinski definition) is 2. The molecule has 2 heterocycles. The summed E-state index contributed by atoms with van der Waals surface area (Å²) in [5.41, 5.74) is 0.307. The van der Waals surface area contributed by atoms with Gasteiger partial charge < -0.3 is 20.1 Å². The zero-order valence-electron chi connectivity index (χ0n) is 19.6.